The van der Waals surface area contributed by atoms with Crippen LogP contribution in [-0.2, 0) is 4.79 Å². The third-order valence-corrected chi connectivity index (χ3v) is 5.23. The van der Waals surface area contributed by atoms with E-state index in [1.165, 1.54) is 6.07 Å². The second-order valence-corrected chi connectivity index (χ2v) is 6.66. The minimum Gasteiger partial charge on any atom is -0.387 e. The summed E-state index contributed by atoms with van der Waals surface area (Å²) in [4.78, 5) is 16.0. The zero-order chi connectivity index (χ0) is 16.4. The van der Waals surface area contributed by atoms with E-state index in [4.69, 9.17) is 0 Å². The lowest BCUT2D eigenvalue weighted by Gasteiger charge is -2.35. The molecule has 0 saturated carbocycles. The fourth-order valence-corrected chi connectivity index (χ4v) is 4.16. The van der Waals surface area contributed by atoms with Crippen molar-refractivity contribution in [2.45, 2.75) is 50.8 Å². The summed E-state index contributed by atoms with van der Waals surface area (Å²) in [6.45, 7) is 3.79. The summed E-state index contributed by atoms with van der Waals surface area (Å²) in [5.74, 6) is -0.226. The molecule has 23 heavy (non-hydrogen) atoms. The van der Waals surface area contributed by atoms with E-state index >= 15 is 0 Å². The van der Waals surface area contributed by atoms with E-state index in [9.17, 15) is 14.3 Å². The van der Waals surface area contributed by atoms with Crippen LogP contribution in [0.5, 0.6) is 0 Å². The Morgan fingerprint density at radius 1 is 1.26 bits per heavy atom. The predicted molar refractivity (Wildman–Crippen MR) is 86.4 cm³/mol. The van der Waals surface area contributed by atoms with Gasteiger partial charge in [0.05, 0.1) is 6.10 Å². The molecule has 1 aromatic rings. The summed E-state index contributed by atoms with van der Waals surface area (Å²) in [6, 6.07) is 6.92. The van der Waals surface area contributed by atoms with Crippen molar-refractivity contribution in [3.63, 3.8) is 0 Å². The molecule has 3 rings (SSSR count). The Morgan fingerprint density at radius 2 is 1.96 bits per heavy atom. The monoisotopic (exact) mass is 320 g/mol. The molecule has 0 aliphatic carbocycles. The van der Waals surface area contributed by atoms with Crippen LogP contribution in [0.2, 0.25) is 0 Å². The van der Waals surface area contributed by atoms with Gasteiger partial charge in [0.25, 0.3) is 0 Å². The Morgan fingerprint density at radius 3 is 2.70 bits per heavy atom. The van der Waals surface area contributed by atoms with Gasteiger partial charge in [0.1, 0.15) is 5.82 Å². The van der Waals surface area contributed by atoms with E-state index in [0.717, 1.165) is 38.8 Å². The molecule has 1 aromatic carbocycles. The molecule has 0 radical (unpaired) electrons. The standard InChI is InChI=1S/C18H25FN2O2/c1-13(22)21-11-5-9-17(21)16-8-4-10-20(16)12-18(23)14-6-2-3-7-15(14)19/h2-3,6-7,16-18,23H,4-5,8-12H2,1H3/t16-,17+,18+/m0/s1. The molecule has 2 fully saturated rings. The van der Waals surface area contributed by atoms with Gasteiger partial charge in [-0.3, -0.25) is 9.69 Å². The van der Waals surface area contributed by atoms with Crippen molar-refractivity contribution in [1.29, 1.82) is 0 Å². The summed E-state index contributed by atoms with van der Waals surface area (Å²) in [6.07, 6.45) is 3.35. The Balaban J connectivity index is 1.70. The maximum absolute atomic E-state index is 13.8. The highest BCUT2D eigenvalue weighted by Gasteiger charge is 2.39. The van der Waals surface area contributed by atoms with E-state index in [1.807, 2.05) is 4.90 Å². The van der Waals surface area contributed by atoms with Gasteiger partial charge < -0.3 is 10.0 Å². The van der Waals surface area contributed by atoms with Crippen LogP contribution < -0.4 is 0 Å². The fraction of sp³-hybridized carbons (Fsp3) is 0.611. The van der Waals surface area contributed by atoms with E-state index in [1.54, 1.807) is 25.1 Å². The number of amides is 1. The molecule has 0 bridgehead atoms. The normalized spacial score (nSPS) is 26.7. The van der Waals surface area contributed by atoms with Crippen molar-refractivity contribution >= 4 is 5.91 Å². The highest BCUT2D eigenvalue weighted by atomic mass is 19.1. The predicted octanol–water partition coefficient (Wildman–Crippen LogP) is 2.33. The number of nitrogens with zero attached hydrogens (tertiary/aromatic N) is 2. The molecule has 1 N–H and O–H groups in total. The molecule has 2 heterocycles. The summed E-state index contributed by atoms with van der Waals surface area (Å²) in [7, 11) is 0. The minimum absolute atomic E-state index is 0.133. The summed E-state index contributed by atoms with van der Waals surface area (Å²) >= 11 is 0. The second-order valence-electron chi connectivity index (χ2n) is 6.66. The molecule has 2 saturated heterocycles. The van der Waals surface area contributed by atoms with Crippen molar-refractivity contribution < 1.29 is 14.3 Å². The molecule has 4 nitrogen and oxygen atoms in total. The van der Waals surface area contributed by atoms with Gasteiger partial charge in [0, 0.05) is 37.7 Å². The highest BCUT2D eigenvalue weighted by molar-refractivity contribution is 5.74. The second kappa shape index (κ2) is 6.97. The van der Waals surface area contributed by atoms with Crippen LogP contribution in [0.25, 0.3) is 0 Å². The first-order valence-electron chi connectivity index (χ1n) is 8.51. The van der Waals surface area contributed by atoms with Gasteiger partial charge in [-0.05, 0) is 38.3 Å². The van der Waals surface area contributed by atoms with Gasteiger partial charge in [0.2, 0.25) is 5.91 Å². The van der Waals surface area contributed by atoms with Crippen molar-refractivity contribution in [2.75, 3.05) is 19.6 Å². The molecular weight excluding hydrogens is 295 g/mol. The molecule has 5 heteroatoms. The molecule has 2 aliphatic rings. The number of carbonyl (C=O) groups excluding carboxylic acids is 1. The van der Waals surface area contributed by atoms with Crippen molar-refractivity contribution in [1.82, 2.24) is 9.80 Å². The zero-order valence-electron chi connectivity index (χ0n) is 13.6. The third kappa shape index (κ3) is 3.40. The largest absolute Gasteiger partial charge is 0.387 e. The van der Waals surface area contributed by atoms with E-state index in [-0.39, 0.29) is 23.8 Å². The first-order chi connectivity index (χ1) is 11.1. The van der Waals surface area contributed by atoms with Crippen LogP contribution in [0.1, 0.15) is 44.3 Å². The van der Waals surface area contributed by atoms with Crippen LogP contribution in [0.3, 0.4) is 0 Å². The smallest absolute Gasteiger partial charge is 0.219 e. The van der Waals surface area contributed by atoms with Gasteiger partial charge >= 0.3 is 0 Å². The van der Waals surface area contributed by atoms with Crippen molar-refractivity contribution in [3.8, 4) is 0 Å². The summed E-state index contributed by atoms with van der Waals surface area (Å²) < 4.78 is 13.8. The number of hydrogen-bond acceptors (Lipinski definition) is 3. The molecule has 0 aromatic heterocycles. The first-order valence-corrected chi connectivity index (χ1v) is 8.51. The van der Waals surface area contributed by atoms with Gasteiger partial charge in [-0.15, -0.1) is 0 Å². The number of likely N-dealkylation sites (tertiary alicyclic amines) is 2. The summed E-state index contributed by atoms with van der Waals surface area (Å²) in [5.41, 5.74) is 0.355. The van der Waals surface area contributed by atoms with Crippen LogP contribution >= 0.6 is 0 Å². The molecule has 126 valence electrons. The number of benzene rings is 1. The molecule has 2 aliphatic heterocycles. The molecule has 0 unspecified atom stereocenters. The number of aliphatic hydroxyl groups is 1. The molecule has 0 spiro atoms. The van der Waals surface area contributed by atoms with Gasteiger partial charge in [-0.25, -0.2) is 4.39 Å². The Bertz CT molecular complexity index is 566. The number of aliphatic hydroxyl groups excluding tert-OH is 1. The summed E-state index contributed by atoms with van der Waals surface area (Å²) in [5, 5.41) is 10.4. The van der Waals surface area contributed by atoms with Gasteiger partial charge in [-0.2, -0.15) is 0 Å². The topological polar surface area (TPSA) is 43.8 Å². The van der Waals surface area contributed by atoms with E-state index in [0.29, 0.717) is 12.1 Å². The zero-order valence-corrected chi connectivity index (χ0v) is 13.6. The van der Waals surface area contributed by atoms with E-state index in [2.05, 4.69) is 4.90 Å². The third-order valence-electron chi connectivity index (χ3n) is 5.23. The molecule has 3 atom stereocenters. The van der Waals surface area contributed by atoms with Crippen molar-refractivity contribution in [2.24, 2.45) is 0 Å². The Kier molecular flexibility index (Phi) is 4.97. The Hall–Kier alpha value is -1.46. The lowest BCUT2D eigenvalue weighted by Crippen LogP contribution is -2.48. The van der Waals surface area contributed by atoms with Crippen LogP contribution in [0, 0.1) is 5.82 Å². The molecule has 1 amide bonds. The van der Waals surface area contributed by atoms with E-state index < -0.39 is 6.10 Å². The van der Waals surface area contributed by atoms with Crippen LogP contribution in [0.4, 0.5) is 4.39 Å². The van der Waals surface area contributed by atoms with Crippen molar-refractivity contribution in [3.05, 3.63) is 35.6 Å². The maximum atomic E-state index is 13.8. The lowest BCUT2D eigenvalue weighted by atomic mass is 10.0. The fourth-order valence-electron chi connectivity index (χ4n) is 4.16. The minimum atomic E-state index is -0.830. The average Bonchev–Trinajstić information content (AvgIpc) is 3.15. The quantitative estimate of drug-likeness (QED) is 0.926. The van der Waals surface area contributed by atoms with Crippen LogP contribution in [-0.4, -0.2) is 52.5 Å². The maximum Gasteiger partial charge on any atom is 0.219 e. The number of hydrogen-bond donors (Lipinski definition) is 1. The van der Waals surface area contributed by atoms with Gasteiger partial charge in [-0.1, -0.05) is 18.2 Å². The molecular formula is C18H25FN2O2. The highest BCUT2D eigenvalue weighted by Crippen LogP contribution is 2.31. The number of rotatable bonds is 4. The number of carbonyl (C=O) groups is 1. The lowest BCUT2D eigenvalue weighted by molar-refractivity contribution is -0.130. The first kappa shape index (κ1) is 16.4. The number of β-amino-alcohol motifs (C(OH)–C–C–N with tert-alkyl or cyclic N) is 1. The van der Waals surface area contributed by atoms with Crippen LogP contribution in [0.15, 0.2) is 24.3 Å². The SMILES string of the molecule is CC(=O)N1CCC[C@@H]1[C@@H]1CCCN1C[C@@H](O)c1ccccc1F. The number of halogens is 1. The van der Waals surface area contributed by atoms with Gasteiger partial charge in [0.15, 0.2) is 0 Å². The Labute approximate surface area is 136 Å². The average molecular weight is 320 g/mol.